The number of rotatable bonds is 4. The zero-order valence-corrected chi connectivity index (χ0v) is 10.3. The van der Waals surface area contributed by atoms with Crippen molar-refractivity contribution in [2.45, 2.75) is 33.1 Å². The second-order valence-corrected chi connectivity index (χ2v) is 4.23. The van der Waals surface area contributed by atoms with E-state index in [9.17, 15) is 0 Å². The highest BCUT2D eigenvalue weighted by Crippen LogP contribution is 2.30. The Morgan fingerprint density at radius 2 is 2.12 bits per heavy atom. The highest BCUT2D eigenvalue weighted by Gasteiger charge is 2.10. The van der Waals surface area contributed by atoms with Crippen molar-refractivity contribution in [3.05, 3.63) is 29.3 Å². The number of ether oxygens (including phenoxy) is 1. The van der Waals surface area contributed by atoms with E-state index in [0.29, 0.717) is 0 Å². The molecule has 16 heavy (non-hydrogen) atoms. The minimum Gasteiger partial charge on any atom is -0.482 e. The molecule has 2 aromatic rings. The summed E-state index contributed by atoms with van der Waals surface area (Å²) in [5.41, 5.74) is 3.84. The lowest BCUT2D eigenvalue weighted by atomic mass is 10.0. The zero-order valence-electron chi connectivity index (χ0n) is 10.3. The molecular weight excluding hydrogens is 198 g/mol. The van der Waals surface area contributed by atoms with Crippen molar-refractivity contribution in [2.24, 2.45) is 0 Å². The van der Waals surface area contributed by atoms with E-state index in [1.165, 1.54) is 34.9 Å². The molecule has 1 aromatic carbocycles. The summed E-state index contributed by atoms with van der Waals surface area (Å²) in [6.07, 6.45) is 3.62. The summed E-state index contributed by atoms with van der Waals surface area (Å²) in [5, 5.41) is 1.34. The van der Waals surface area contributed by atoms with Gasteiger partial charge in [-0.2, -0.15) is 0 Å². The van der Waals surface area contributed by atoms with E-state index in [-0.39, 0.29) is 0 Å². The Bertz CT molecular complexity index is 485. The standard InChI is InChI=1S/C14H19NO/c1-4-5-7-11-8-6-9-12-13(11)10(2)14(15-12)16-3/h6,8-9,15H,4-5,7H2,1-3H3. The van der Waals surface area contributed by atoms with Crippen LogP contribution in [0.4, 0.5) is 0 Å². The molecule has 0 unspecified atom stereocenters. The van der Waals surface area contributed by atoms with Gasteiger partial charge in [-0.3, -0.25) is 0 Å². The van der Waals surface area contributed by atoms with Gasteiger partial charge in [-0.1, -0.05) is 25.5 Å². The van der Waals surface area contributed by atoms with Crippen molar-refractivity contribution >= 4 is 10.9 Å². The van der Waals surface area contributed by atoms with Gasteiger partial charge in [0.05, 0.1) is 7.11 Å². The van der Waals surface area contributed by atoms with Crippen LogP contribution in [0.5, 0.6) is 5.88 Å². The van der Waals surface area contributed by atoms with Crippen LogP contribution in [-0.2, 0) is 6.42 Å². The Hall–Kier alpha value is -1.44. The lowest BCUT2D eigenvalue weighted by Gasteiger charge is -2.03. The summed E-state index contributed by atoms with van der Waals surface area (Å²) in [4.78, 5) is 3.31. The highest BCUT2D eigenvalue weighted by molar-refractivity contribution is 5.88. The summed E-state index contributed by atoms with van der Waals surface area (Å²) in [6, 6.07) is 6.45. The van der Waals surface area contributed by atoms with Crippen LogP contribution >= 0.6 is 0 Å². The third-order valence-electron chi connectivity index (χ3n) is 3.12. The van der Waals surface area contributed by atoms with Crippen LogP contribution in [0.15, 0.2) is 18.2 Å². The van der Waals surface area contributed by atoms with Gasteiger partial charge >= 0.3 is 0 Å². The van der Waals surface area contributed by atoms with Crippen LogP contribution in [0.3, 0.4) is 0 Å². The van der Waals surface area contributed by atoms with Crippen LogP contribution in [0.1, 0.15) is 30.9 Å². The third-order valence-corrected chi connectivity index (χ3v) is 3.12. The molecule has 0 amide bonds. The minimum absolute atomic E-state index is 0.888. The molecule has 0 aliphatic carbocycles. The second-order valence-electron chi connectivity index (χ2n) is 4.23. The Morgan fingerprint density at radius 1 is 1.31 bits per heavy atom. The van der Waals surface area contributed by atoms with E-state index in [1.807, 2.05) is 0 Å². The maximum absolute atomic E-state index is 5.33. The molecular formula is C14H19NO. The molecule has 0 aliphatic heterocycles. The fourth-order valence-corrected chi connectivity index (χ4v) is 2.26. The predicted octanol–water partition coefficient (Wildman–Crippen LogP) is 3.83. The summed E-state index contributed by atoms with van der Waals surface area (Å²) in [6.45, 7) is 4.35. The minimum atomic E-state index is 0.888. The average Bonchev–Trinajstić information content (AvgIpc) is 2.64. The largest absolute Gasteiger partial charge is 0.482 e. The van der Waals surface area contributed by atoms with Gasteiger partial charge in [-0.25, -0.2) is 0 Å². The first-order valence-corrected chi connectivity index (χ1v) is 5.92. The van der Waals surface area contributed by atoms with Crippen LogP contribution in [-0.4, -0.2) is 12.1 Å². The number of aromatic amines is 1. The number of fused-ring (bicyclic) bond motifs is 1. The molecule has 0 saturated carbocycles. The maximum Gasteiger partial charge on any atom is 0.194 e. The van der Waals surface area contributed by atoms with Crippen LogP contribution in [0, 0.1) is 6.92 Å². The second kappa shape index (κ2) is 4.60. The third kappa shape index (κ3) is 1.80. The monoisotopic (exact) mass is 217 g/mol. The van der Waals surface area contributed by atoms with E-state index in [4.69, 9.17) is 4.74 Å². The van der Waals surface area contributed by atoms with Gasteiger partial charge in [0, 0.05) is 16.5 Å². The van der Waals surface area contributed by atoms with Crippen molar-refractivity contribution in [1.29, 1.82) is 0 Å². The maximum atomic E-state index is 5.33. The number of H-pyrrole nitrogens is 1. The Labute approximate surface area is 96.6 Å². The van der Waals surface area contributed by atoms with E-state index < -0.39 is 0 Å². The Kier molecular flexibility index (Phi) is 3.18. The van der Waals surface area contributed by atoms with Crippen molar-refractivity contribution in [3.8, 4) is 5.88 Å². The van der Waals surface area contributed by atoms with E-state index in [0.717, 1.165) is 12.3 Å². The van der Waals surface area contributed by atoms with Gasteiger partial charge in [0.15, 0.2) is 5.88 Å². The van der Waals surface area contributed by atoms with E-state index in [2.05, 4.69) is 37.0 Å². The molecule has 0 bridgehead atoms. The molecule has 0 atom stereocenters. The molecule has 1 aromatic heterocycles. The van der Waals surface area contributed by atoms with Gasteiger partial charge in [-0.15, -0.1) is 0 Å². The summed E-state index contributed by atoms with van der Waals surface area (Å²) >= 11 is 0. The van der Waals surface area contributed by atoms with Crippen LogP contribution in [0.25, 0.3) is 10.9 Å². The molecule has 1 heterocycles. The van der Waals surface area contributed by atoms with Gasteiger partial charge in [0.2, 0.25) is 0 Å². The number of unbranched alkanes of at least 4 members (excludes halogenated alkanes) is 1. The summed E-state index contributed by atoms with van der Waals surface area (Å²) < 4.78 is 5.33. The zero-order chi connectivity index (χ0) is 11.5. The first-order chi connectivity index (χ1) is 7.77. The first-order valence-electron chi connectivity index (χ1n) is 5.92. The fraction of sp³-hybridized carbons (Fsp3) is 0.429. The van der Waals surface area contributed by atoms with Gasteiger partial charge in [-0.05, 0) is 31.4 Å². The Morgan fingerprint density at radius 3 is 2.81 bits per heavy atom. The fourth-order valence-electron chi connectivity index (χ4n) is 2.26. The molecule has 0 spiro atoms. The normalized spacial score (nSPS) is 10.9. The lowest BCUT2D eigenvalue weighted by molar-refractivity contribution is 0.398. The number of benzene rings is 1. The number of hydrogen-bond acceptors (Lipinski definition) is 1. The molecule has 0 radical (unpaired) electrons. The van der Waals surface area contributed by atoms with Crippen molar-refractivity contribution in [1.82, 2.24) is 4.98 Å². The van der Waals surface area contributed by atoms with Gasteiger partial charge in [0.1, 0.15) is 0 Å². The van der Waals surface area contributed by atoms with Crippen molar-refractivity contribution in [2.75, 3.05) is 7.11 Å². The molecule has 2 nitrogen and oxygen atoms in total. The molecule has 2 rings (SSSR count). The van der Waals surface area contributed by atoms with Gasteiger partial charge < -0.3 is 9.72 Å². The first kappa shape index (κ1) is 11.1. The molecule has 2 heteroatoms. The number of aromatic nitrogens is 1. The van der Waals surface area contributed by atoms with Crippen LogP contribution in [0.2, 0.25) is 0 Å². The number of hydrogen-bond donors (Lipinski definition) is 1. The SMILES string of the molecule is CCCCc1cccc2[nH]c(OC)c(C)c12. The topological polar surface area (TPSA) is 25.0 Å². The van der Waals surface area contributed by atoms with Gasteiger partial charge in [0.25, 0.3) is 0 Å². The quantitative estimate of drug-likeness (QED) is 0.827. The average molecular weight is 217 g/mol. The smallest absolute Gasteiger partial charge is 0.194 e. The molecule has 0 fully saturated rings. The molecule has 0 aliphatic rings. The molecule has 86 valence electrons. The van der Waals surface area contributed by atoms with Crippen molar-refractivity contribution in [3.63, 3.8) is 0 Å². The number of aryl methyl sites for hydroxylation is 2. The van der Waals surface area contributed by atoms with Crippen molar-refractivity contribution < 1.29 is 4.74 Å². The lowest BCUT2D eigenvalue weighted by Crippen LogP contribution is -1.87. The van der Waals surface area contributed by atoms with Crippen LogP contribution < -0.4 is 4.74 Å². The molecule has 0 saturated heterocycles. The summed E-state index contributed by atoms with van der Waals surface area (Å²) in [7, 11) is 1.71. The van der Waals surface area contributed by atoms with E-state index >= 15 is 0 Å². The number of nitrogens with one attached hydrogen (secondary N) is 1. The summed E-state index contributed by atoms with van der Waals surface area (Å²) in [5.74, 6) is 0.888. The highest BCUT2D eigenvalue weighted by atomic mass is 16.5. The number of methoxy groups -OCH3 is 1. The molecule has 1 N–H and O–H groups in total. The predicted molar refractivity (Wildman–Crippen MR) is 68.2 cm³/mol. The van der Waals surface area contributed by atoms with E-state index in [1.54, 1.807) is 7.11 Å². The Balaban J connectivity index is 2.52.